The van der Waals surface area contributed by atoms with E-state index in [4.69, 9.17) is 16.3 Å². The number of para-hydroxylation sites is 1. The molecular weight excluding hydrogens is 448 g/mol. The van der Waals surface area contributed by atoms with Gasteiger partial charge in [0.25, 0.3) is 0 Å². The van der Waals surface area contributed by atoms with Crippen molar-refractivity contribution in [3.8, 4) is 11.5 Å². The molecule has 0 aromatic heterocycles. The molecule has 0 heterocycles. The van der Waals surface area contributed by atoms with Crippen molar-refractivity contribution in [1.29, 1.82) is 0 Å². The average Bonchev–Trinajstić information content (AvgIpc) is 2.74. The number of aryl methyl sites for hydroxylation is 1. The number of anilines is 2. The summed E-state index contributed by atoms with van der Waals surface area (Å²) in [6, 6.07) is 21.6. The zero-order valence-corrected chi connectivity index (χ0v) is 19.5. The number of hydrogen-bond donors (Lipinski definition) is 1. The summed E-state index contributed by atoms with van der Waals surface area (Å²) in [5.74, 6) is 1.20. The second kappa shape index (κ2) is 10.5. The molecule has 168 valence electrons. The highest BCUT2D eigenvalue weighted by Gasteiger charge is 2.19. The highest BCUT2D eigenvalue weighted by Crippen LogP contribution is 2.27. The van der Waals surface area contributed by atoms with Gasteiger partial charge >= 0.3 is 0 Å². The van der Waals surface area contributed by atoms with E-state index in [9.17, 15) is 13.2 Å². The Bertz CT molecular complexity index is 1170. The fraction of sp³-hybridized carbons (Fsp3) is 0.208. The van der Waals surface area contributed by atoms with Crippen molar-refractivity contribution < 1.29 is 17.9 Å². The van der Waals surface area contributed by atoms with E-state index in [2.05, 4.69) is 5.32 Å². The Labute approximate surface area is 193 Å². The van der Waals surface area contributed by atoms with Crippen LogP contribution in [0.4, 0.5) is 11.4 Å². The molecule has 3 aromatic rings. The van der Waals surface area contributed by atoms with E-state index < -0.39 is 10.0 Å². The minimum absolute atomic E-state index is 0.175. The highest BCUT2D eigenvalue weighted by atomic mass is 35.5. The van der Waals surface area contributed by atoms with Gasteiger partial charge in [0.1, 0.15) is 11.5 Å². The molecule has 0 saturated carbocycles. The molecule has 0 unspecified atom stereocenters. The van der Waals surface area contributed by atoms with Gasteiger partial charge in [-0.1, -0.05) is 35.9 Å². The number of nitrogens with zero attached hydrogens (tertiary/aromatic N) is 1. The van der Waals surface area contributed by atoms with Crippen molar-refractivity contribution in [1.82, 2.24) is 0 Å². The standard InChI is InChI=1S/C24H25ClN2O4S/c1-18-10-11-19(25)17-23(18)27(32(2,29)30)16-6-9-24(28)26-20-12-14-22(15-13-20)31-21-7-4-3-5-8-21/h3-5,7-8,10-15,17H,6,9,16H2,1-2H3,(H,26,28). The normalized spacial score (nSPS) is 11.1. The third-order valence-corrected chi connectivity index (χ3v) is 6.14. The van der Waals surface area contributed by atoms with E-state index in [0.29, 0.717) is 28.6 Å². The largest absolute Gasteiger partial charge is 0.457 e. The predicted molar refractivity (Wildman–Crippen MR) is 129 cm³/mol. The van der Waals surface area contributed by atoms with Crippen LogP contribution in [0.25, 0.3) is 0 Å². The molecule has 0 atom stereocenters. The van der Waals surface area contributed by atoms with Crippen LogP contribution < -0.4 is 14.4 Å². The number of halogens is 1. The first-order valence-electron chi connectivity index (χ1n) is 10.1. The maximum absolute atomic E-state index is 12.3. The molecular formula is C24H25ClN2O4S. The maximum Gasteiger partial charge on any atom is 0.232 e. The number of ether oxygens (including phenoxy) is 1. The number of hydrogen-bond acceptors (Lipinski definition) is 4. The van der Waals surface area contributed by atoms with Gasteiger partial charge in [0.2, 0.25) is 15.9 Å². The Balaban J connectivity index is 1.55. The van der Waals surface area contributed by atoms with Crippen LogP contribution >= 0.6 is 11.6 Å². The molecule has 0 saturated heterocycles. The SMILES string of the molecule is Cc1ccc(Cl)cc1N(CCCC(=O)Nc1ccc(Oc2ccccc2)cc1)S(C)(=O)=O. The Morgan fingerprint density at radius 2 is 1.66 bits per heavy atom. The number of rotatable bonds is 9. The van der Waals surface area contributed by atoms with Gasteiger partial charge < -0.3 is 10.1 Å². The molecule has 0 aliphatic carbocycles. The first kappa shape index (κ1) is 23.6. The molecule has 3 rings (SSSR count). The van der Waals surface area contributed by atoms with Crippen molar-refractivity contribution in [2.45, 2.75) is 19.8 Å². The van der Waals surface area contributed by atoms with E-state index in [1.54, 1.807) is 42.5 Å². The zero-order chi connectivity index (χ0) is 23.1. The lowest BCUT2D eigenvalue weighted by Crippen LogP contribution is -2.32. The van der Waals surface area contributed by atoms with E-state index in [-0.39, 0.29) is 18.9 Å². The fourth-order valence-corrected chi connectivity index (χ4v) is 4.33. The number of benzene rings is 3. The summed E-state index contributed by atoms with van der Waals surface area (Å²) in [6.45, 7) is 2.00. The molecule has 32 heavy (non-hydrogen) atoms. The van der Waals surface area contributed by atoms with Gasteiger partial charge in [-0.2, -0.15) is 0 Å². The summed E-state index contributed by atoms with van der Waals surface area (Å²) < 4.78 is 31.6. The van der Waals surface area contributed by atoms with Gasteiger partial charge in [-0.25, -0.2) is 8.42 Å². The van der Waals surface area contributed by atoms with Crippen LogP contribution in [0.3, 0.4) is 0 Å². The van der Waals surface area contributed by atoms with Crippen molar-refractivity contribution in [3.63, 3.8) is 0 Å². The van der Waals surface area contributed by atoms with E-state index in [1.807, 2.05) is 37.3 Å². The molecule has 0 fully saturated rings. The lowest BCUT2D eigenvalue weighted by atomic mass is 10.2. The van der Waals surface area contributed by atoms with E-state index in [1.165, 1.54) is 4.31 Å². The van der Waals surface area contributed by atoms with Gasteiger partial charge in [-0.05, 0) is 67.4 Å². The summed E-state index contributed by atoms with van der Waals surface area (Å²) in [5, 5.41) is 3.28. The number of carbonyl (C=O) groups excluding carboxylic acids is 1. The Kier molecular flexibility index (Phi) is 7.77. The molecule has 1 N–H and O–H groups in total. The van der Waals surface area contributed by atoms with Gasteiger partial charge in [0.15, 0.2) is 0 Å². The molecule has 8 heteroatoms. The molecule has 0 aliphatic heterocycles. The molecule has 0 aliphatic rings. The highest BCUT2D eigenvalue weighted by molar-refractivity contribution is 7.92. The van der Waals surface area contributed by atoms with Crippen LogP contribution in [0.1, 0.15) is 18.4 Å². The molecule has 6 nitrogen and oxygen atoms in total. The third-order valence-electron chi connectivity index (χ3n) is 4.72. The average molecular weight is 473 g/mol. The summed E-state index contributed by atoms with van der Waals surface area (Å²) >= 11 is 6.05. The second-order valence-corrected chi connectivity index (χ2v) is 9.70. The Hall–Kier alpha value is -3.03. The molecule has 0 spiro atoms. The topological polar surface area (TPSA) is 75.7 Å². The van der Waals surface area contributed by atoms with Gasteiger partial charge in [0.05, 0.1) is 11.9 Å². The third kappa shape index (κ3) is 6.73. The molecule has 1 amide bonds. The van der Waals surface area contributed by atoms with Crippen molar-refractivity contribution >= 4 is 38.9 Å². The number of amides is 1. The summed E-state index contributed by atoms with van der Waals surface area (Å²) in [7, 11) is -3.52. The Morgan fingerprint density at radius 1 is 1.00 bits per heavy atom. The zero-order valence-electron chi connectivity index (χ0n) is 17.9. The second-order valence-electron chi connectivity index (χ2n) is 7.36. The molecule has 0 radical (unpaired) electrons. The maximum atomic E-state index is 12.3. The Morgan fingerprint density at radius 3 is 2.31 bits per heavy atom. The van der Waals surface area contributed by atoms with Crippen LogP contribution in [-0.2, 0) is 14.8 Å². The van der Waals surface area contributed by atoms with E-state index in [0.717, 1.165) is 17.6 Å². The monoisotopic (exact) mass is 472 g/mol. The minimum atomic E-state index is -3.52. The summed E-state index contributed by atoms with van der Waals surface area (Å²) in [4.78, 5) is 12.3. The van der Waals surface area contributed by atoms with Crippen molar-refractivity contribution in [3.05, 3.63) is 83.4 Å². The van der Waals surface area contributed by atoms with Gasteiger partial charge in [-0.15, -0.1) is 0 Å². The number of carbonyl (C=O) groups is 1. The predicted octanol–water partition coefficient (Wildman–Crippen LogP) is 5.63. The van der Waals surface area contributed by atoms with Crippen LogP contribution in [0.15, 0.2) is 72.8 Å². The number of sulfonamides is 1. The first-order valence-corrected chi connectivity index (χ1v) is 12.3. The van der Waals surface area contributed by atoms with Gasteiger partial charge in [-0.3, -0.25) is 9.10 Å². The smallest absolute Gasteiger partial charge is 0.232 e. The fourth-order valence-electron chi connectivity index (χ4n) is 3.15. The van der Waals surface area contributed by atoms with E-state index >= 15 is 0 Å². The van der Waals surface area contributed by atoms with Crippen molar-refractivity contribution in [2.75, 3.05) is 22.4 Å². The van der Waals surface area contributed by atoms with Crippen LogP contribution in [0.5, 0.6) is 11.5 Å². The summed E-state index contributed by atoms with van der Waals surface area (Å²) in [6.07, 6.45) is 1.68. The molecule has 3 aromatic carbocycles. The van der Waals surface area contributed by atoms with Gasteiger partial charge in [0, 0.05) is 23.7 Å². The van der Waals surface area contributed by atoms with Crippen LogP contribution in [0.2, 0.25) is 5.02 Å². The first-order chi connectivity index (χ1) is 15.2. The van der Waals surface area contributed by atoms with Crippen LogP contribution in [-0.4, -0.2) is 27.1 Å². The lowest BCUT2D eigenvalue weighted by Gasteiger charge is -2.24. The quantitative estimate of drug-likeness (QED) is 0.438. The lowest BCUT2D eigenvalue weighted by molar-refractivity contribution is -0.116. The summed E-state index contributed by atoms with van der Waals surface area (Å²) in [5.41, 5.74) is 1.96. The number of nitrogens with one attached hydrogen (secondary N) is 1. The molecule has 0 bridgehead atoms. The van der Waals surface area contributed by atoms with Crippen LogP contribution in [0, 0.1) is 6.92 Å². The minimum Gasteiger partial charge on any atom is -0.457 e. The van der Waals surface area contributed by atoms with Crippen molar-refractivity contribution in [2.24, 2.45) is 0 Å².